The van der Waals surface area contributed by atoms with E-state index in [2.05, 4.69) is 45.5 Å². The minimum Gasteiger partial charge on any atom is -0.450 e. The SMILES string of the molecule is CCOC(=O)NCc1cc2ccccc2n1C1CCNCC1. The lowest BCUT2D eigenvalue weighted by atomic mass is 10.1. The number of carbonyl (C=O) groups is 1. The Balaban J connectivity index is 1.88. The van der Waals surface area contributed by atoms with Gasteiger partial charge in [0.2, 0.25) is 0 Å². The largest absolute Gasteiger partial charge is 0.450 e. The molecule has 0 bridgehead atoms. The number of aromatic nitrogens is 1. The lowest BCUT2D eigenvalue weighted by molar-refractivity contribution is 0.151. The maximum atomic E-state index is 11.6. The van der Waals surface area contributed by atoms with Gasteiger partial charge >= 0.3 is 6.09 Å². The maximum absolute atomic E-state index is 11.6. The number of fused-ring (bicyclic) bond motifs is 1. The van der Waals surface area contributed by atoms with Gasteiger partial charge < -0.3 is 19.9 Å². The van der Waals surface area contributed by atoms with Crippen molar-refractivity contribution in [2.24, 2.45) is 0 Å². The van der Waals surface area contributed by atoms with Crippen molar-refractivity contribution in [2.45, 2.75) is 32.4 Å². The molecule has 1 aliphatic rings. The van der Waals surface area contributed by atoms with Gasteiger partial charge in [0, 0.05) is 17.3 Å². The molecular weight excluding hydrogens is 278 g/mol. The van der Waals surface area contributed by atoms with Gasteiger partial charge in [-0.25, -0.2) is 4.79 Å². The van der Waals surface area contributed by atoms with Crippen LogP contribution in [0.15, 0.2) is 30.3 Å². The van der Waals surface area contributed by atoms with E-state index < -0.39 is 0 Å². The molecule has 1 aliphatic heterocycles. The first-order valence-electron chi connectivity index (χ1n) is 7.99. The number of para-hydroxylation sites is 1. The molecule has 2 heterocycles. The highest BCUT2D eigenvalue weighted by Crippen LogP contribution is 2.28. The first-order valence-corrected chi connectivity index (χ1v) is 7.99. The average Bonchev–Trinajstić information content (AvgIpc) is 2.92. The number of hydrogen-bond donors (Lipinski definition) is 2. The zero-order valence-electron chi connectivity index (χ0n) is 13.0. The summed E-state index contributed by atoms with van der Waals surface area (Å²) in [5.41, 5.74) is 2.39. The van der Waals surface area contributed by atoms with Crippen molar-refractivity contribution in [3.63, 3.8) is 0 Å². The predicted octanol–water partition coefficient (Wildman–Crippen LogP) is 2.81. The van der Waals surface area contributed by atoms with Crippen LogP contribution in [0.1, 0.15) is 31.5 Å². The molecule has 1 aromatic carbocycles. The van der Waals surface area contributed by atoms with Gasteiger partial charge in [0.05, 0.1) is 13.2 Å². The Labute approximate surface area is 130 Å². The van der Waals surface area contributed by atoms with Gasteiger partial charge in [-0.3, -0.25) is 0 Å². The predicted molar refractivity (Wildman–Crippen MR) is 86.9 cm³/mol. The highest BCUT2D eigenvalue weighted by molar-refractivity contribution is 5.81. The Bertz CT molecular complexity index is 644. The zero-order chi connectivity index (χ0) is 15.4. The van der Waals surface area contributed by atoms with Crippen LogP contribution in [0.4, 0.5) is 4.79 Å². The molecule has 0 spiro atoms. The van der Waals surface area contributed by atoms with Crippen molar-refractivity contribution >= 4 is 17.0 Å². The van der Waals surface area contributed by atoms with Gasteiger partial charge in [-0.2, -0.15) is 0 Å². The van der Waals surface area contributed by atoms with Gasteiger partial charge in [-0.05, 0) is 50.4 Å². The topological polar surface area (TPSA) is 55.3 Å². The molecule has 1 amide bonds. The van der Waals surface area contributed by atoms with E-state index >= 15 is 0 Å². The van der Waals surface area contributed by atoms with Crippen LogP contribution >= 0.6 is 0 Å². The fraction of sp³-hybridized carbons (Fsp3) is 0.471. The summed E-state index contributed by atoms with van der Waals surface area (Å²) in [6.45, 7) is 4.79. The second kappa shape index (κ2) is 6.83. The Kier molecular flexibility index (Phi) is 4.63. The summed E-state index contributed by atoms with van der Waals surface area (Å²) >= 11 is 0. The molecule has 5 nitrogen and oxygen atoms in total. The lowest BCUT2D eigenvalue weighted by Crippen LogP contribution is -2.31. The van der Waals surface area contributed by atoms with E-state index in [0.717, 1.165) is 31.6 Å². The molecule has 0 unspecified atom stereocenters. The van der Waals surface area contributed by atoms with E-state index in [1.54, 1.807) is 0 Å². The number of benzene rings is 1. The third kappa shape index (κ3) is 3.09. The molecule has 1 aromatic heterocycles. The van der Waals surface area contributed by atoms with Gasteiger partial charge in [-0.15, -0.1) is 0 Å². The van der Waals surface area contributed by atoms with Gasteiger partial charge in [-0.1, -0.05) is 18.2 Å². The molecule has 2 N–H and O–H groups in total. The summed E-state index contributed by atoms with van der Waals surface area (Å²) < 4.78 is 7.35. The first-order chi connectivity index (χ1) is 10.8. The molecule has 5 heteroatoms. The number of piperidine rings is 1. The second-order valence-electron chi connectivity index (χ2n) is 5.62. The molecular formula is C17H23N3O2. The van der Waals surface area contributed by atoms with E-state index in [0.29, 0.717) is 19.2 Å². The summed E-state index contributed by atoms with van der Waals surface area (Å²) in [6.07, 6.45) is 1.88. The van der Waals surface area contributed by atoms with Crippen molar-refractivity contribution in [1.29, 1.82) is 0 Å². The van der Waals surface area contributed by atoms with E-state index in [1.165, 1.54) is 10.9 Å². The number of amides is 1. The van der Waals surface area contributed by atoms with Crippen molar-refractivity contribution in [2.75, 3.05) is 19.7 Å². The molecule has 118 valence electrons. The monoisotopic (exact) mass is 301 g/mol. The van der Waals surface area contributed by atoms with Crippen molar-refractivity contribution in [3.8, 4) is 0 Å². The van der Waals surface area contributed by atoms with Crippen LogP contribution in [0.2, 0.25) is 0 Å². The molecule has 1 saturated heterocycles. The highest BCUT2D eigenvalue weighted by atomic mass is 16.5. The Hall–Kier alpha value is -2.01. The molecule has 1 fully saturated rings. The molecule has 0 aliphatic carbocycles. The fourth-order valence-corrected chi connectivity index (χ4v) is 3.21. The third-order valence-electron chi connectivity index (χ3n) is 4.19. The molecule has 0 atom stereocenters. The maximum Gasteiger partial charge on any atom is 0.407 e. The number of ether oxygens (including phenoxy) is 1. The lowest BCUT2D eigenvalue weighted by Gasteiger charge is -2.27. The fourth-order valence-electron chi connectivity index (χ4n) is 3.21. The summed E-state index contributed by atoms with van der Waals surface area (Å²) in [7, 11) is 0. The molecule has 3 rings (SSSR count). The minimum atomic E-state index is -0.357. The van der Waals surface area contributed by atoms with Crippen molar-refractivity contribution < 1.29 is 9.53 Å². The number of rotatable bonds is 4. The van der Waals surface area contributed by atoms with Crippen molar-refractivity contribution in [1.82, 2.24) is 15.2 Å². The van der Waals surface area contributed by atoms with E-state index in [9.17, 15) is 4.79 Å². The van der Waals surface area contributed by atoms with Gasteiger partial charge in [0.1, 0.15) is 0 Å². The van der Waals surface area contributed by atoms with Crippen LogP contribution in [-0.2, 0) is 11.3 Å². The van der Waals surface area contributed by atoms with Crippen LogP contribution < -0.4 is 10.6 Å². The molecule has 0 radical (unpaired) electrons. The second-order valence-corrected chi connectivity index (χ2v) is 5.62. The van der Waals surface area contributed by atoms with E-state index in [4.69, 9.17) is 4.74 Å². The average molecular weight is 301 g/mol. The summed E-state index contributed by atoms with van der Waals surface area (Å²) in [5, 5.41) is 7.47. The molecule has 2 aromatic rings. The van der Waals surface area contributed by atoms with Crippen LogP contribution in [0, 0.1) is 0 Å². The minimum absolute atomic E-state index is 0.357. The highest BCUT2D eigenvalue weighted by Gasteiger charge is 2.20. The van der Waals surface area contributed by atoms with Crippen LogP contribution in [0.3, 0.4) is 0 Å². The Morgan fingerprint density at radius 3 is 2.91 bits per heavy atom. The Morgan fingerprint density at radius 1 is 1.36 bits per heavy atom. The Morgan fingerprint density at radius 2 is 2.14 bits per heavy atom. The van der Waals surface area contributed by atoms with E-state index in [-0.39, 0.29) is 6.09 Å². The smallest absolute Gasteiger partial charge is 0.407 e. The summed E-state index contributed by atoms with van der Waals surface area (Å²) in [6, 6.07) is 11.1. The number of carbonyl (C=O) groups excluding carboxylic acids is 1. The van der Waals surface area contributed by atoms with Crippen LogP contribution in [0.5, 0.6) is 0 Å². The first kappa shape index (κ1) is 14.9. The van der Waals surface area contributed by atoms with Crippen molar-refractivity contribution in [3.05, 3.63) is 36.0 Å². The quantitative estimate of drug-likeness (QED) is 0.913. The number of hydrogen-bond acceptors (Lipinski definition) is 3. The normalized spacial score (nSPS) is 15.9. The molecule has 22 heavy (non-hydrogen) atoms. The van der Waals surface area contributed by atoms with E-state index in [1.807, 2.05) is 6.92 Å². The summed E-state index contributed by atoms with van der Waals surface area (Å²) in [4.78, 5) is 11.6. The molecule has 0 saturated carbocycles. The van der Waals surface area contributed by atoms with Crippen LogP contribution in [0.25, 0.3) is 10.9 Å². The third-order valence-corrected chi connectivity index (χ3v) is 4.19. The number of alkyl carbamates (subject to hydrolysis) is 1. The standard InChI is InChI=1S/C17H23N3O2/c1-2-22-17(21)19-12-15-11-13-5-3-4-6-16(13)20(15)14-7-9-18-10-8-14/h3-6,11,14,18H,2,7-10,12H2,1H3,(H,19,21). The van der Waals surface area contributed by atoms with Gasteiger partial charge in [0.25, 0.3) is 0 Å². The summed E-state index contributed by atoms with van der Waals surface area (Å²) in [5.74, 6) is 0. The number of nitrogens with one attached hydrogen (secondary N) is 2. The zero-order valence-corrected chi connectivity index (χ0v) is 13.0. The van der Waals surface area contributed by atoms with Gasteiger partial charge in [0.15, 0.2) is 0 Å². The number of nitrogens with zero attached hydrogens (tertiary/aromatic N) is 1. The van der Waals surface area contributed by atoms with Crippen LogP contribution in [-0.4, -0.2) is 30.4 Å².